The number of anilines is 2. The second-order valence-corrected chi connectivity index (χ2v) is 9.86. The molecule has 1 aliphatic rings. The van der Waals surface area contributed by atoms with Crippen LogP contribution in [-0.2, 0) is 21.0 Å². The number of hydrogen-bond acceptors (Lipinski definition) is 4. The topological polar surface area (TPSA) is 69.7 Å². The van der Waals surface area contributed by atoms with E-state index < -0.39 is 33.6 Å². The first-order valence-electron chi connectivity index (χ1n) is 10.4. The van der Waals surface area contributed by atoms with E-state index >= 15 is 0 Å². The van der Waals surface area contributed by atoms with Gasteiger partial charge in [-0.25, -0.2) is 8.42 Å². The quantitative estimate of drug-likeness (QED) is 0.663. The molecule has 1 N–H and O–H groups in total. The second kappa shape index (κ2) is 9.96. The Morgan fingerprint density at radius 3 is 2.30 bits per heavy atom. The van der Waals surface area contributed by atoms with Crippen LogP contribution in [0.25, 0.3) is 6.08 Å². The summed E-state index contributed by atoms with van der Waals surface area (Å²) in [5, 5.41) is 3.76. The minimum absolute atomic E-state index is 0.0701. The van der Waals surface area contributed by atoms with E-state index in [2.05, 4.69) is 5.32 Å². The third-order valence-corrected chi connectivity index (χ3v) is 7.05. The first-order chi connectivity index (χ1) is 15.5. The summed E-state index contributed by atoms with van der Waals surface area (Å²) < 4.78 is 65.9. The molecule has 1 fully saturated rings. The molecular weight excluding hydrogens is 455 g/mol. The molecule has 2 aromatic rings. The molecule has 1 saturated heterocycles. The van der Waals surface area contributed by atoms with E-state index in [1.807, 2.05) is 18.2 Å². The summed E-state index contributed by atoms with van der Waals surface area (Å²) in [5.74, 6) is -0.923. The number of nitrogens with one attached hydrogen (secondary N) is 1. The fourth-order valence-corrected chi connectivity index (χ4v) is 4.85. The lowest BCUT2D eigenvalue weighted by Crippen LogP contribution is -2.40. The zero-order valence-corrected chi connectivity index (χ0v) is 19.2. The van der Waals surface area contributed by atoms with Gasteiger partial charge in [-0.05, 0) is 42.7 Å². The molecule has 0 unspecified atom stereocenters. The van der Waals surface area contributed by atoms with Crippen molar-refractivity contribution in [2.24, 2.45) is 5.92 Å². The molecule has 1 amide bonds. The van der Waals surface area contributed by atoms with E-state index in [1.165, 1.54) is 16.4 Å². The first-order valence-corrected chi connectivity index (χ1v) is 11.9. The third-order valence-electron chi connectivity index (χ3n) is 5.48. The highest BCUT2D eigenvalue weighted by Gasteiger charge is 2.33. The number of amides is 1. The van der Waals surface area contributed by atoms with Crippen molar-refractivity contribution in [2.45, 2.75) is 19.0 Å². The lowest BCUT2D eigenvalue weighted by Gasteiger charge is -2.30. The highest BCUT2D eigenvalue weighted by molar-refractivity contribution is 7.92. The van der Waals surface area contributed by atoms with E-state index in [4.69, 9.17) is 0 Å². The number of nitrogens with zero attached hydrogens (tertiary/aromatic N) is 2. The molecule has 0 radical (unpaired) electrons. The summed E-state index contributed by atoms with van der Waals surface area (Å²) in [5.41, 5.74) is 0.422. The van der Waals surface area contributed by atoms with Gasteiger partial charge in [0.05, 0.1) is 16.9 Å². The Labute approximate surface area is 191 Å². The van der Waals surface area contributed by atoms with E-state index in [-0.39, 0.29) is 31.6 Å². The van der Waals surface area contributed by atoms with Crippen molar-refractivity contribution in [3.05, 3.63) is 65.1 Å². The Hall–Kier alpha value is -2.85. The fourth-order valence-electron chi connectivity index (χ4n) is 3.62. The summed E-state index contributed by atoms with van der Waals surface area (Å²) >= 11 is 0. The molecular formula is C23H26F3N3O3S. The number of carbonyl (C=O) groups is 1. The minimum Gasteiger partial charge on any atom is -0.376 e. The summed E-state index contributed by atoms with van der Waals surface area (Å²) in [4.78, 5) is 14.4. The van der Waals surface area contributed by atoms with Gasteiger partial charge in [0.2, 0.25) is 15.9 Å². The summed E-state index contributed by atoms with van der Waals surface area (Å²) in [6.07, 6.45) is -2.46. The van der Waals surface area contributed by atoms with Crippen LogP contribution in [0.15, 0.2) is 53.9 Å². The molecule has 1 heterocycles. The smallest absolute Gasteiger partial charge is 0.376 e. The van der Waals surface area contributed by atoms with Gasteiger partial charge < -0.3 is 10.2 Å². The summed E-state index contributed by atoms with van der Waals surface area (Å²) in [6.45, 7) is 0.311. The van der Waals surface area contributed by atoms with Crippen molar-refractivity contribution in [1.29, 1.82) is 0 Å². The highest BCUT2D eigenvalue weighted by atomic mass is 32.2. The van der Waals surface area contributed by atoms with Gasteiger partial charge in [-0.15, -0.1) is 0 Å². The molecule has 10 heteroatoms. The van der Waals surface area contributed by atoms with Crippen LogP contribution in [0.2, 0.25) is 0 Å². The first kappa shape index (κ1) is 24.8. The van der Waals surface area contributed by atoms with Crippen molar-refractivity contribution in [2.75, 3.05) is 37.4 Å². The van der Waals surface area contributed by atoms with E-state index in [9.17, 15) is 26.4 Å². The van der Waals surface area contributed by atoms with Gasteiger partial charge in [-0.3, -0.25) is 4.79 Å². The van der Waals surface area contributed by atoms with Crippen molar-refractivity contribution < 1.29 is 26.4 Å². The number of alkyl halides is 3. The summed E-state index contributed by atoms with van der Waals surface area (Å²) in [7, 11) is -0.298. The van der Waals surface area contributed by atoms with E-state index in [1.54, 1.807) is 31.1 Å². The third kappa shape index (κ3) is 6.35. The van der Waals surface area contributed by atoms with Crippen molar-refractivity contribution in [1.82, 2.24) is 4.31 Å². The molecule has 6 nitrogen and oxygen atoms in total. The van der Waals surface area contributed by atoms with Crippen LogP contribution in [0.4, 0.5) is 24.5 Å². The maximum Gasteiger partial charge on any atom is 0.416 e. The van der Waals surface area contributed by atoms with Crippen LogP contribution >= 0.6 is 0 Å². The standard InChI is InChI=1S/C23H26F3N3O3S/c1-28(2)21-9-8-19(23(24,25)26)16-20(21)27-22(30)18-10-13-29(14-11-18)33(31,32)15-12-17-6-4-3-5-7-17/h3-9,12,15-16,18H,10-11,13-14H2,1-2H3,(H,27,30)/b15-12+. The average Bonchev–Trinajstić information content (AvgIpc) is 2.78. The predicted octanol–water partition coefficient (Wildman–Crippen LogP) is 4.42. The molecule has 1 aliphatic heterocycles. The minimum atomic E-state index is -4.53. The second-order valence-electron chi connectivity index (χ2n) is 8.05. The number of benzene rings is 2. The van der Waals surface area contributed by atoms with Gasteiger partial charge in [0.15, 0.2) is 0 Å². The zero-order chi connectivity index (χ0) is 24.2. The zero-order valence-electron chi connectivity index (χ0n) is 18.3. The molecule has 0 saturated carbocycles. The monoisotopic (exact) mass is 481 g/mol. The van der Waals surface area contributed by atoms with Crippen LogP contribution in [0.5, 0.6) is 0 Å². The van der Waals surface area contributed by atoms with Crippen LogP contribution < -0.4 is 10.2 Å². The molecule has 2 aromatic carbocycles. The van der Waals surface area contributed by atoms with E-state index in [0.717, 1.165) is 23.1 Å². The summed E-state index contributed by atoms with van der Waals surface area (Å²) in [6, 6.07) is 12.2. The van der Waals surface area contributed by atoms with Gasteiger partial charge in [0.1, 0.15) is 0 Å². The SMILES string of the molecule is CN(C)c1ccc(C(F)(F)F)cc1NC(=O)C1CCN(S(=O)(=O)/C=C/c2ccccc2)CC1. The normalized spacial score (nSPS) is 16.2. The Kier molecular flexibility index (Phi) is 7.48. The predicted molar refractivity (Wildman–Crippen MR) is 123 cm³/mol. The van der Waals surface area contributed by atoms with Crippen molar-refractivity contribution in [3.63, 3.8) is 0 Å². The van der Waals surface area contributed by atoms with Gasteiger partial charge >= 0.3 is 6.18 Å². The Morgan fingerprint density at radius 2 is 1.73 bits per heavy atom. The van der Waals surface area contributed by atoms with Crippen molar-refractivity contribution in [3.8, 4) is 0 Å². The lowest BCUT2D eigenvalue weighted by atomic mass is 9.97. The Bertz CT molecular complexity index is 1110. The van der Waals surface area contributed by atoms with Crippen molar-refractivity contribution >= 4 is 33.4 Å². The number of hydrogen-bond donors (Lipinski definition) is 1. The van der Waals surface area contributed by atoms with Crippen LogP contribution in [-0.4, -0.2) is 45.8 Å². The number of carbonyl (C=O) groups excluding carboxylic acids is 1. The maximum atomic E-state index is 13.1. The highest BCUT2D eigenvalue weighted by Crippen LogP contribution is 2.35. The fraction of sp³-hybridized carbons (Fsp3) is 0.348. The van der Waals surface area contributed by atoms with Gasteiger partial charge in [-0.1, -0.05) is 30.3 Å². The molecule has 0 aliphatic carbocycles. The van der Waals surface area contributed by atoms with E-state index in [0.29, 0.717) is 5.69 Å². The van der Waals surface area contributed by atoms with Crippen LogP contribution in [0.1, 0.15) is 24.0 Å². The molecule has 0 atom stereocenters. The largest absolute Gasteiger partial charge is 0.416 e. The molecule has 0 aromatic heterocycles. The van der Waals surface area contributed by atoms with Crippen LogP contribution in [0, 0.1) is 5.92 Å². The van der Waals surface area contributed by atoms with Gasteiger partial charge in [0.25, 0.3) is 0 Å². The molecule has 178 valence electrons. The molecule has 33 heavy (non-hydrogen) atoms. The Balaban J connectivity index is 1.66. The number of sulfonamides is 1. The average molecular weight is 482 g/mol. The van der Waals surface area contributed by atoms with Crippen LogP contribution in [0.3, 0.4) is 0 Å². The molecule has 3 rings (SSSR count). The number of halogens is 3. The van der Waals surface area contributed by atoms with Gasteiger partial charge in [-0.2, -0.15) is 17.5 Å². The number of piperidine rings is 1. The lowest BCUT2D eigenvalue weighted by molar-refractivity contribution is -0.137. The Morgan fingerprint density at radius 1 is 1.09 bits per heavy atom. The maximum absolute atomic E-state index is 13.1. The van der Waals surface area contributed by atoms with Gasteiger partial charge in [0, 0.05) is 38.5 Å². The number of rotatable bonds is 6. The molecule has 0 bridgehead atoms. The molecule has 0 spiro atoms.